The van der Waals surface area contributed by atoms with Gasteiger partial charge in [-0.05, 0) is 48.2 Å². The maximum Gasteiger partial charge on any atom is 0.123 e. The van der Waals surface area contributed by atoms with Gasteiger partial charge in [0.05, 0.1) is 52.8 Å². The number of rotatable bonds is 10. The first-order valence-electron chi connectivity index (χ1n) is 15.2. The molecule has 4 N–H and O–H groups in total. The molecule has 0 amide bonds. The number of benzene rings is 3. The summed E-state index contributed by atoms with van der Waals surface area (Å²) in [6.45, 7) is 3.82. The molecule has 0 bridgehead atoms. The van der Waals surface area contributed by atoms with Crippen LogP contribution in [0.3, 0.4) is 0 Å². The third-order valence-electron chi connectivity index (χ3n) is 8.48. The minimum atomic E-state index is -0.336. The smallest absolute Gasteiger partial charge is 0.123 e. The molecule has 1 aromatic heterocycles. The Bertz CT molecular complexity index is 1740. The zero-order valence-electron chi connectivity index (χ0n) is 24.6. The second-order valence-electron chi connectivity index (χ2n) is 11.6. The monoisotopic (exact) mass is 624 g/mol. The van der Waals surface area contributed by atoms with Gasteiger partial charge in [0.25, 0.3) is 0 Å². The number of fused-ring (bicyclic) bond motifs is 1. The fourth-order valence-electron chi connectivity index (χ4n) is 5.92. The van der Waals surface area contributed by atoms with Crippen LogP contribution in [0.4, 0.5) is 15.8 Å². The SMILES string of the molecule is N#Cc1cnc2c(Cl)cc(N[C@H](C3=CN(C4CC4)NN3)c3ccc(F)cc3)cc2c1NC(CN1CCOCC1)c1ccccc1. The minimum Gasteiger partial charge on any atom is -0.379 e. The van der Waals surface area contributed by atoms with Gasteiger partial charge in [-0.1, -0.05) is 54.1 Å². The van der Waals surface area contributed by atoms with Crippen molar-refractivity contribution in [2.75, 3.05) is 43.5 Å². The molecule has 3 heterocycles. The Balaban J connectivity index is 1.27. The van der Waals surface area contributed by atoms with Gasteiger partial charge in [0, 0.05) is 49.1 Å². The van der Waals surface area contributed by atoms with Crippen molar-refractivity contribution in [3.63, 3.8) is 0 Å². The number of hydrogen-bond acceptors (Lipinski definition) is 9. The predicted molar refractivity (Wildman–Crippen MR) is 174 cm³/mol. The van der Waals surface area contributed by atoms with Crippen LogP contribution in [-0.2, 0) is 4.74 Å². The molecule has 1 unspecified atom stereocenters. The Morgan fingerprint density at radius 3 is 2.56 bits per heavy atom. The molecular weight excluding hydrogens is 591 g/mol. The molecule has 11 heteroatoms. The van der Waals surface area contributed by atoms with E-state index in [9.17, 15) is 9.65 Å². The number of aromatic nitrogens is 1. The summed E-state index contributed by atoms with van der Waals surface area (Å²) in [5.41, 5.74) is 11.8. The number of ether oxygens (including phenoxy) is 1. The van der Waals surface area contributed by atoms with Crippen molar-refractivity contribution >= 4 is 33.9 Å². The molecular formula is C34H34ClFN8O. The number of hydrazine groups is 2. The van der Waals surface area contributed by atoms with E-state index in [0.717, 1.165) is 60.4 Å². The predicted octanol–water partition coefficient (Wildman–Crippen LogP) is 5.87. The Labute approximate surface area is 266 Å². The summed E-state index contributed by atoms with van der Waals surface area (Å²) in [5, 5.41) is 20.8. The number of morpholine rings is 1. The fourth-order valence-corrected chi connectivity index (χ4v) is 6.19. The van der Waals surface area contributed by atoms with Crippen molar-refractivity contribution in [1.82, 2.24) is 25.9 Å². The van der Waals surface area contributed by atoms with Gasteiger partial charge < -0.3 is 20.8 Å². The van der Waals surface area contributed by atoms with Gasteiger partial charge in [-0.25, -0.2) is 4.39 Å². The summed E-state index contributed by atoms with van der Waals surface area (Å²) < 4.78 is 19.5. The topological polar surface area (TPSA) is 101 Å². The molecule has 2 fully saturated rings. The highest BCUT2D eigenvalue weighted by atomic mass is 35.5. The molecule has 45 heavy (non-hydrogen) atoms. The number of nitrogens with zero attached hydrogens (tertiary/aromatic N) is 4. The molecule has 0 spiro atoms. The maximum atomic E-state index is 13.9. The highest BCUT2D eigenvalue weighted by Crippen LogP contribution is 2.38. The van der Waals surface area contributed by atoms with Crippen molar-refractivity contribution in [2.45, 2.75) is 31.0 Å². The standard InChI is InChI=1S/C34H34ClFN8O/c35-29-17-26(39-33(23-6-8-25(36)9-7-23)31-21-44(42-41-31)27-10-11-27)16-28-32(24(18-37)19-38-34(28)29)40-30(22-4-2-1-3-5-22)20-43-12-14-45-15-13-43/h1-9,16-17,19,21,27,30,33,39,41-42H,10-15,20H2,(H,38,40)/t30?,33-/m0/s1. The van der Waals surface area contributed by atoms with Crippen LogP contribution >= 0.6 is 11.6 Å². The average Bonchev–Trinajstić information content (AvgIpc) is 3.81. The molecule has 1 saturated heterocycles. The molecule has 2 atom stereocenters. The lowest BCUT2D eigenvalue weighted by Gasteiger charge is -2.32. The van der Waals surface area contributed by atoms with Crippen LogP contribution in [-0.4, -0.2) is 53.8 Å². The van der Waals surface area contributed by atoms with Crippen molar-refractivity contribution in [3.05, 3.63) is 112 Å². The lowest BCUT2D eigenvalue weighted by Crippen LogP contribution is -2.40. The van der Waals surface area contributed by atoms with Gasteiger partial charge in [-0.15, -0.1) is 5.53 Å². The van der Waals surface area contributed by atoms with Crippen LogP contribution < -0.4 is 21.6 Å². The van der Waals surface area contributed by atoms with Gasteiger partial charge in [-0.3, -0.25) is 14.9 Å². The second kappa shape index (κ2) is 12.9. The number of halogens is 2. The van der Waals surface area contributed by atoms with E-state index in [1.54, 1.807) is 18.3 Å². The van der Waals surface area contributed by atoms with Crippen molar-refractivity contribution < 1.29 is 9.13 Å². The molecule has 4 aromatic rings. The van der Waals surface area contributed by atoms with Crippen LogP contribution in [0.15, 0.2) is 84.8 Å². The summed E-state index contributed by atoms with van der Waals surface area (Å²) in [4.78, 5) is 6.95. The Hall–Kier alpha value is -4.40. The number of hydrogen-bond donors (Lipinski definition) is 4. The summed E-state index contributed by atoms with van der Waals surface area (Å²) >= 11 is 6.89. The third-order valence-corrected chi connectivity index (χ3v) is 8.77. The van der Waals surface area contributed by atoms with Crippen LogP contribution in [0.2, 0.25) is 5.02 Å². The number of nitrogens with one attached hydrogen (secondary N) is 4. The van der Waals surface area contributed by atoms with Gasteiger partial charge in [0.1, 0.15) is 11.9 Å². The zero-order chi connectivity index (χ0) is 30.8. The Kier molecular flexibility index (Phi) is 8.41. The van der Waals surface area contributed by atoms with Crippen LogP contribution in [0.25, 0.3) is 10.9 Å². The number of anilines is 2. The first kappa shape index (κ1) is 29.3. The van der Waals surface area contributed by atoms with Crippen molar-refractivity contribution in [3.8, 4) is 6.07 Å². The van der Waals surface area contributed by atoms with Crippen molar-refractivity contribution in [2.24, 2.45) is 0 Å². The Morgan fingerprint density at radius 1 is 1.04 bits per heavy atom. The summed E-state index contributed by atoms with van der Waals surface area (Å²) in [6.07, 6.45) is 5.90. The molecule has 3 aliphatic rings. The third kappa shape index (κ3) is 6.53. The molecule has 7 rings (SSSR count). The van der Waals surface area contributed by atoms with E-state index in [1.165, 1.54) is 12.1 Å². The van der Waals surface area contributed by atoms with Crippen molar-refractivity contribution in [1.29, 1.82) is 5.26 Å². The first-order valence-corrected chi connectivity index (χ1v) is 15.6. The van der Waals surface area contributed by atoms with Crippen LogP contribution in [0.5, 0.6) is 0 Å². The van der Waals surface area contributed by atoms with Crippen LogP contribution in [0, 0.1) is 17.1 Å². The number of pyridine rings is 1. The molecule has 3 aromatic carbocycles. The zero-order valence-corrected chi connectivity index (χ0v) is 25.4. The lowest BCUT2D eigenvalue weighted by atomic mass is 10.0. The van der Waals surface area contributed by atoms with Crippen LogP contribution in [0.1, 0.15) is 41.6 Å². The maximum absolute atomic E-state index is 13.9. The first-order chi connectivity index (χ1) is 22.1. The second-order valence-corrected chi connectivity index (χ2v) is 12.0. The summed E-state index contributed by atoms with van der Waals surface area (Å²) in [5.74, 6) is -0.298. The van der Waals surface area contributed by atoms with Gasteiger partial charge in [0.15, 0.2) is 0 Å². The number of nitriles is 1. The largest absolute Gasteiger partial charge is 0.379 e. The van der Waals surface area contributed by atoms with Gasteiger partial charge in [-0.2, -0.15) is 5.26 Å². The van der Waals surface area contributed by atoms with E-state index in [2.05, 4.69) is 60.9 Å². The van der Waals surface area contributed by atoms with Gasteiger partial charge >= 0.3 is 0 Å². The van der Waals surface area contributed by atoms with E-state index >= 15 is 0 Å². The molecule has 0 radical (unpaired) electrons. The van der Waals surface area contributed by atoms with E-state index in [4.69, 9.17) is 16.3 Å². The molecule has 1 aliphatic carbocycles. The highest BCUT2D eigenvalue weighted by molar-refractivity contribution is 6.35. The highest BCUT2D eigenvalue weighted by Gasteiger charge is 2.32. The van der Waals surface area contributed by atoms with Gasteiger partial charge in [0.2, 0.25) is 0 Å². The average molecular weight is 625 g/mol. The summed E-state index contributed by atoms with van der Waals surface area (Å²) in [6, 6.07) is 22.9. The normalized spacial score (nSPS) is 18.2. The van der Waals surface area contributed by atoms with E-state index < -0.39 is 0 Å². The Morgan fingerprint density at radius 2 is 1.82 bits per heavy atom. The lowest BCUT2D eigenvalue weighted by molar-refractivity contribution is 0.0361. The molecule has 2 aliphatic heterocycles. The minimum absolute atomic E-state index is 0.100. The fraction of sp³-hybridized carbons (Fsp3) is 0.294. The quantitative estimate of drug-likeness (QED) is 0.173. The van der Waals surface area contributed by atoms with E-state index in [1.807, 2.05) is 30.3 Å². The molecule has 9 nitrogen and oxygen atoms in total. The van der Waals surface area contributed by atoms with E-state index in [-0.39, 0.29) is 17.9 Å². The summed E-state index contributed by atoms with van der Waals surface area (Å²) in [7, 11) is 0. The molecule has 230 valence electrons. The molecule has 1 saturated carbocycles. The van der Waals surface area contributed by atoms with E-state index in [0.29, 0.717) is 41.0 Å².